The van der Waals surface area contributed by atoms with Crippen LogP contribution in [0.1, 0.15) is 28.7 Å². The number of aromatic nitrogens is 2. The van der Waals surface area contributed by atoms with Crippen molar-refractivity contribution >= 4 is 5.97 Å². The maximum Gasteiger partial charge on any atom is 0.354 e. The van der Waals surface area contributed by atoms with Crippen LogP contribution in [0.15, 0.2) is 6.33 Å². The molecule has 1 aliphatic heterocycles. The van der Waals surface area contributed by atoms with Crippen molar-refractivity contribution in [3.05, 3.63) is 23.3 Å². The van der Waals surface area contributed by atoms with Crippen LogP contribution in [0.3, 0.4) is 0 Å². The summed E-state index contributed by atoms with van der Waals surface area (Å²) in [6.45, 7) is 4.67. The van der Waals surface area contributed by atoms with E-state index in [1.165, 1.54) is 6.33 Å². The van der Waals surface area contributed by atoms with Gasteiger partial charge in [-0.25, -0.2) is 14.8 Å². The van der Waals surface area contributed by atoms with E-state index in [4.69, 9.17) is 5.11 Å². The summed E-state index contributed by atoms with van der Waals surface area (Å²) in [4.78, 5) is 21.1. The van der Waals surface area contributed by atoms with Crippen molar-refractivity contribution in [2.75, 3.05) is 13.1 Å². The average molecular weight is 207 g/mol. The highest BCUT2D eigenvalue weighted by molar-refractivity contribution is 5.87. The van der Waals surface area contributed by atoms with Crippen LogP contribution in [0.4, 0.5) is 0 Å². The van der Waals surface area contributed by atoms with Gasteiger partial charge in [0.15, 0.2) is 5.69 Å². The molecule has 5 nitrogen and oxygen atoms in total. The Bertz CT molecular complexity index is 392. The van der Waals surface area contributed by atoms with Gasteiger partial charge in [0.2, 0.25) is 0 Å². The van der Waals surface area contributed by atoms with Gasteiger partial charge in [0.1, 0.15) is 6.33 Å². The number of carboxylic acid groups (broad SMARTS) is 1. The SMILES string of the molecule is CCN1CCc2c(ncnc2C(=O)O)C1. The predicted molar refractivity (Wildman–Crippen MR) is 53.6 cm³/mol. The molecule has 80 valence electrons. The summed E-state index contributed by atoms with van der Waals surface area (Å²) in [5.41, 5.74) is 1.82. The van der Waals surface area contributed by atoms with Gasteiger partial charge in [-0.15, -0.1) is 0 Å². The minimum atomic E-state index is -0.960. The average Bonchev–Trinajstić information content (AvgIpc) is 2.27. The normalized spacial score (nSPS) is 16.1. The van der Waals surface area contributed by atoms with Gasteiger partial charge in [0.25, 0.3) is 0 Å². The largest absolute Gasteiger partial charge is 0.477 e. The van der Waals surface area contributed by atoms with Gasteiger partial charge in [-0.2, -0.15) is 0 Å². The smallest absolute Gasteiger partial charge is 0.354 e. The van der Waals surface area contributed by atoms with Gasteiger partial charge >= 0.3 is 5.97 Å². The summed E-state index contributed by atoms with van der Waals surface area (Å²) in [5, 5.41) is 8.96. The van der Waals surface area contributed by atoms with Crippen molar-refractivity contribution in [1.29, 1.82) is 0 Å². The lowest BCUT2D eigenvalue weighted by molar-refractivity contribution is 0.0687. The van der Waals surface area contributed by atoms with Crippen molar-refractivity contribution in [2.45, 2.75) is 19.9 Å². The molecule has 2 heterocycles. The van der Waals surface area contributed by atoms with E-state index in [9.17, 15) is 4.79 Å². The van der Waals surface area contributed by atoms with Crippen molar-refractivity contribution in [2.24, 2.45) is 0 Å². The molecule has 1 aromatic rings. The van der Waals surface area contributed by atoms with Gasteiger partial charge < -0.3 is 5.11 Å². The molecule has 0 amide bonds. The van der Waals surface area contributed by atoms with Crippen molar-refractivity contribution in [3.63, 3.8) is 0 Å². The zero-order chi connectivity index (χ0) is 10.8. The molecule has 0 fully saturated rings. The third-order valence-electron chi connectivity index (χ3n) is 2.74. The van der Waals surface area contributed by atoms with Gasteiger partial charge in [-0.1, -0.05) is 6.92 Å². The Labute approximate surface area is 87.8 Å². The number of hydrogen-bond acceptors (Lipinski definition) is 4. The number of carboxylic acids is 1. The summed E-state index contributed by atoms with van der Waals surface area (Å²) in [6, 6.07) is 0. The monoisotopic (exact) mass is 207 g/mol. The first-order valence-corrected chi connectivity index (χ1v) is 5.00. The van der Waals surface area contributed by atoms with E-state index < -0.39 is 5.97 Å². The molecule has 0 unspecified atom stereocenters. The van der Waals surface area contributed by atoms with E-state index >= 15 is 0 Å². The Balaban J connectivity index is 2.37. The maximum atomic E-state index is 10.9. The molecular formula is C10H13N3O2. The molecule has 1 N–H and O–H groups in total. The van der Waals surface area contributed by atoms with Crippen LogP contribution in [-0.4, -0.2) is 39.0 Å². The number of nitrogens with zero attached hydrogens (tertiary/aromatic N) is 3. The Kier molecular flexibility index (Phi) is 2.64. The summed E-state index contributed by atoms with van der Waals surface area (Å²) < 4.78 is 0. The minimum Gasteiger partial charge on any atom is -0.477 e. The molecule has 0 saturated heterocycles. The molecular weight excluding hydrogens is 194 g/mol. The fourth-order valence-corrected chi connectivity index (χ4v) is 1.86. The third kappa shape index (κ3) is 1.83. The lowest BCUT2D eigenvalue weighted by atomic mass is 10.0. The van der Waals surface area contributed by atoms with Crippen LogP contribution >= 0.6 is 0 Å². The topological polar surface area (TPSA) is 66.3 Å². The predicted octanol–water partition coefficient (Wildman–Crippen LogP) is 0.553. The molecule has 0 aromatic carbocycles. The first-order chi connectivity index (χ1) is 7.22. The number of carbonyl (C=O) groups is 1. The molecule has 0 bridgehead atoms. The van der Waals surface area contributed by atoms with Gasteiger partial charge in [-0.3, -0.25) is 4.90 Å². The standard InChI is InChI=1S/C10H13N3O2/c1-2-13-4-3-7-8(5-13)11-6-12-9(7)10(14)15/h6H,2-5H2,1H3,(H,14,15). The molecule has 1 aliphatic rings. The van der Waals surface area contributed by atoms with Crippen LogP contribution < -0.4 is 0 Å². The van der Waals surface area contributed by atoms with Crippen LogP contribution in [0.5, 0.6) is 0 Å². The van der Waals surface area contributed by atoms with E-state index in [-0.39, 0.29) is 5.69 Å². The molecule has 0 radical (unpaired) electrons. The van der Waals surface area contributed by atoms with Crippen molar-refractivity contribution < 1.29 is 9.90 Å². The zero-order valence-corrected chi connectivity index (χ0v) is 8.60. The number of hydrogen-bond donors (Lipinski definition) is 1. The van der Waals surface area contributed by atoms with E-state index in [1.54, 1.807) is 0 Å². The summed E-state index contributed by atoms with van der Waals surface area (Å²) in [6.07, 6.45) is 2.06. The highest BCUT2D eigenvalue weighted by atomic mass is 16.4. The van der Waals surface area contributed by atoms with Gasteiger partial charge in [-0.05, 0) is 13.0 Å². The maximum absolute atomic E-state index is 10.9. The molecule has 0 aliphatic carbocycles. The molecule has 0 saturated carbocycles. The summed E-state index contributed by atoms with van der Waals surface area (Å²) >= 11 is 0. The molecule has 5 heteroatoms. The fourth-order valence-electron chi connectivity index (χ4n) is 1.86. The molecule has 2 rings (SSSR count). The van der Waals surface area contributed by atoms with E-state index in [0.29, 0.717) is 0 Å². The summed E-state index contributed by atoms with van der Waals surface area (Å²) in [5.74, 6) is -0.960. The number of likely N-dealkylation sites (N-methyl/N-ethyl adjacent to an activating group) is 1. The quantitative estimate of drug-likeness (QED) is 0.767. The number of fused-ring (bicyclic) bond motifs is 1. The van der Waals surface area contributed by atoms with Crippen molar-refractivity contribution in [1.82, 2.24) is 14.9 Å². The zero-order valence-electron chi connectivity index (χ0n) is 8.60. The third-order valence-corrected chi connectivity index (χ3v) is 2.74. The minimum absolute atomic E-state index is 0.163. The Morgan fingerprint density at radius 1 is 1.60 bits per heavy atom. The fraction of sp³-hybridized carbons (Fsp3) is 0.500. The number of rotatable bonds is 2. The summed E-state index contributed by atoms with van der Waals surface area (Å²) in [7, 11) is 0. The van der Waals surface area contributed by atoms with Crippen LogP contribution in [-0.2, 0) is 13.0 Å². The van der Waals surface area contributed by atoms with E-state index in [1.807, 2.05) is 0 Å². The second-order valence-electron chi connectivity index (χ2n) is 3.57. The second kappa shape index (κ2) is 3.94. The molecule has 0 spiro atoms. The molecule has 15 heavy (non-hydrogen) atoms. The van der Waals surface area contributed by atoms with Gasteiger partial charge in [0, 0.05) is 18.7 Å². The first kappa shape index (κ1) is 10.0. The van der Waals surface area contributed by atoms with E-state index in [0.717, 1.165) is 37.3 Å². The Hall–Kier alpha value is -1.49. The Morgan fingerprint density at radius 3 is 3.07 bits per heavy atom. The van der Waals surface area contributed by atoms with E-state index in [2.05, 4.69) is 21.8 Å². The van der Waals surface area contributed by atoms with Crippen LogP contribution in [0.2, 0.25) is 0 Å². The Morgan fingerprint density at radius 2 is 2.40 bits per heavy atom. The highest BCUT2D eigenvalue weighted by Gasteiger charge is 2.22. The first-order valence-electron chi connectivity index (χ1n) is 5.00. The molecule has 1 aromatic heterocycles. The van der Waals surface area contributed by atoms with Crippen LogP contribution in [0.25, 0.3) is 0 Å². The lowest BCUT2D eigenvalue weighted by Crippen LogP contribution is -2.32. The van der Waals surface area contributed by atoms with Gasteiger partial charge in [0.05, 0.1) is 5.69 Å². The lowest BCUT2D eigenvalue weighted by Gasteiger charge is -2.26. The highest BCUT2D eigenvalue weighted by Crippen LogP contribution is 2.18. The van der Waals surface area contributed by atoms with Crippen LogP contribution in [0, 0.1) is 0 Å². The second-order valence-corrected chi connectivity index (χ2v) is 3.57. The molecule has 0 atom stereocenters. The number of aromatic carboxylic acids is 1. The van der Waals surface area contributed by atoms with Crippen molar-refractivity contribution in [3.8, 4) is 0 Å².